The number of unbranched alkanes of at least 4 members (excludes halogenated alkanes) is 4. The maximum absolute atomic E-state index is 13.6. The molecule has 1 atom stereocenters. The smallest absolute Gasteiger partial charge is 0.352 e. The van der Waals surface area contributed by atoms with Gasteiger partial charge in [0, 0.05) is 35.9 Å². The van der Waals surface area contributed by atoms with Gasteiger partial charge in [0.15, 0.2) is 0 Å². The van der Waals surface area contributed by atoms with E-state index in [1.165, 1.54) is 0 Å². The van der Waals surface area contributed by atoms with E-state index in [1.54, 1.807) is 28.8 Å². The highest BCUT2D eigenvalue weighted by atomic mass is 16.6. The zero-order chi connectivity index (χ0) is 32.8. The molecule has 244 valence electrons. The lowest BCUT2D eigenvalue weighted by Gasteiger charge is -2.25. The molecule has 2 amide bonds. The predicted octanol–water partition coefficient (Wildman–Crippen LogP) is 3.71. The van der Waals surface area contributed by atoms with Gasteiger partial charge in [0.25, 0.3) is 5.56 Å². The number of fused-ring (bicyclic) bond motifs is 5. The van der Waals surface area contributed by atoms with Gasteiger partial charge in [-0.25, -0.2) is 9.78 Å². The van der Waals surface area contributed by atoms with Crippen molar-refractivity contribution in [1.82, 2.24) is 20.2 Å². The molecule has 0 fully saturated rings. The van der Waals surface area contributed by atoms with Crippen LogP contribution in [0.25, 0.3) is 22.3 Å². The summed E-state index contributed by atoms with van der Waals surface area (Å²) in [5.41, 5.74) is 3.80. The van der Waals surface area contributed by atoms with Crippen molar-refractivity contribution in [2.75, 3.05) is 13.1 Å². The predicted molar refractivity (Wildman–Crippen MR) is 169 cm³/mol. The average molecular weight is 633 g/mol. The van der Waals surface area contributed by atoms with E-state index in [9.17, 15) is 29.1 Å². The Kier molecular flexibility index (Phi) is 10.3. The van der Waals surface area contributed by atoms with E-state index < -0.39 is 18.0 Å². The molecule has 5 rings (SSSR count). The lowest BCUT2D eigenvalue weighted by Crippen LogP contribution is -2.37. The van der Waals surface area contributed by atoms with E-state index in [4.69, 9.17) is 14.5 Å². The number of phenolic OH excluding ortho intramolecular Hbond substituents is 1. The topological polar surface area (TPSA) is 166 Å². The van der Waals surface area contributed by atoms with Gasteiger partial charge < -0.3 is 29.8 Å². The number of benzene rings is 1. The number of pyridine rings is 2. The number of amides is 2. The van der Waals surface area contributed by atoms with Gasteiger partial charge in [-0.15, -0.1) is 0 Å². The quantitative estimate of drug-likeness (QED) is 0.139. The molecular formula is C34H40N4O8. The van der Waals surface area contributed by atoms with Crippen molar-refractivity contribution in [3.05, 3.63) is 56.9 Å². The summed E-state index contributed by atoms with van der Waals surface area (Å²) in [4.78, 5) is 68.0. The van der Waals surface area contributed by atoms with Gasteiger partial charge in [-0.3, -0.25) is 19.2 Å². The van der Waals surface area contributed by atoms with E-state index in [-0.39, 0.29) is 73.3 Å². The van der Waals surface area contributed by atoms with Crippen LogP contribution in [0.5, 0.6) is 5.75 Å². The lowest BCUT2D eigenvalue weighted by atomic mass is 9.97. The molecule has 0 aliphatic carbocycles. The largest absolute Gasteiger partial charge is 0.508 e. The highest BCUT2D eigenvalue weighted by Crippen LogP contribution is 2.39. The van der Waals surface area contributed by atoms with Crippen molar-refractivity contribution in [3.63, 3.8) is 0 Å². The molecule has 0 saturated heterocycles. The SMILES string of the molecule is CCCCCCCC(=O)NCC(=O)NCCCC(=O)OC1C(=O)OCc2c1cc1n(c2=O)Cc2c-1nc1ccc(O)cc1c2CC. The molecule has 3 aromatic rings. The fourth-order valence-electron chi connectivity index (χ4n) is 6.07. The first-order chi connectivity index (χ1) is 22.2. The summed E-state index contributed by atoms with van der Waals surface area (Å²) in [6, 6.07) is 6.63. The maximum Gasteiger partial charge on any atom is 0.352 e. The molecular weight excluding hydrogens is 592 g/mol. The van der Waals surface area contributed by atoms with Crippen LogP contribution in [-0.4, -0.2) is 51.5 Å². The van der Waals surface area contributed by atoms with Crippen molar-refractivity contribution in [2.45, 2.75) is 90.9 Å². The van der Waals surface area contributed by atoms with Gasteiger partial charge in [0.1, 0.15) is 12.4 Å². The third-order valence-electron chi connectivity index (χ3n) is 8.47. The first kappa shape index (κ1) is 32.6. The number of carbonyl (C=O) groups excluding carboxylic acids is 4. The van der Waals surface area contributed by atoms with E-state index in [1.807, 2.05) is 6.92 Å². The first-order valence-electron chi connectivity index (χ1n) is 16.0. The molecule has 0 spiro atoms. The molecule has 4 heterocycles. The molecule has 2 aliphatic rings. The van der Waals surface area contributed by atoms with Gasteiger partial charge in [-0.2, -0.15) is 0 Å². The minimum absolute atomic E-state index is 0.0868. The van der Waals surface area contributed by atoms with E-state index in [0.717, 1.165) is 48.6 Å². The third-order valence-corrected chi connectivity index (χ3v) is 8.47. The van der Waals surface area contributed by atoms with E-state index in [0.29, 0.717) is 29.7 Å². The minimum atomic E-state index is -1.41. The standard InChI is InChI=1S/C34H40N4O8/c1-3-5-6-7-8-10-28(40)36-17-29(41)35-14-9-11-30(42)46-32-23-16-27-31-24(18-38(27)33(43)25(23)19-45-34(32)44)21(4-2)22-15-20(39)12-13-26(22)37-31/h12-13,15-16,32,39H,3-11,14,17-19H2,1-2H3,(H,35,41)(H,36,40). The van der Waals surface area contributed by atoms with Crippen LogP contribution in [0.3, 0.4) is 0 Å². The van der Waals surface area contributed by atoms with Crippen LogP contribution in [0, 0.1) is 0 Å². The highest BCUT2D eigenvalue weighted by molar-refractivity contribution is 5.90. The monoisotopic (exact) mass is 632 g/mol. The Hall–Kier alpha value is -4.74. The first-order valence-corrected chi connectivity index (χ1v) is 16.0. The molecule has 1 aromatic carbocycles. The van der Waals surface area contributed by atoms with Crippen LogP contribution in [0.2, 0.25) is 0 Å². The van der Waals surface area contributed by atoms with Crippen LogP contribution in [0.15, 0.2) is 29.1 Å². The zero-order valence-electron chi connectivity index (χ0n) is 26.3. The van der Waals surface area contributed by atoms with Crippen molar-refractivity contribution in [1.29, 1.82) is 0 Å². The molecule has 46 heavy (non-hydrogen) atoms. The van der Waals surface area contributed by atoms with E-state index in [2.05, 4.69) is 17.6 Å². The molecule has 12 heteroatoms. The van der Waals surface area contributed by atoms with Crippen LogP contribution < -0.4 is 16.2 Å². The molecule has 1 unspecified atom stereocenters. The van der Waals surface area contributed by atoms with Crippen molar-refractivity contribution < 1.29 is 33.8 Å². The number of rotatable bonds is 14. The Morgan fingerprint density at radius 2 is 1.80 bits per heavy atom. The number of aryl methyl sites for hydroxylation is 1. The number of esters is 2. The second kappa shape index (κ2) is 14.6. The molecule has 0 bridgehead atoms. The molecule has 2 aromatic heterocycles. The number of phenols is 1. The summed E-state index contributed by atoms with van der Waals surface area (Å²) < 4.78 is 12.4. The van der Waals surface area contributed by atoms with Gasteiger partial charge >= 0.3 is 11.9 Å². The Morgan fingerprint density at radius 1 is 1.00 bits per heavy atom. The fraction of sp³-hybridized carbons (Fsp3) is 0.471. The number of aromatic hydroxyl groups is 1. The van der Waals surface area contributed by atoms with Gasteiger partial charge in [-0.1, -0.05) is 39.5 Å². The van der Waals surface area contributed by atoms with Gasteiger partial charge in [0.05, 0.1) is 35.6 Å². The van der Waals surface area contributed by atoms with Crippen LogP contribution >= 0.6 is 0 Å². The number of hydrogen-bond donors (Lipinski definition) is 3. The summed E-state index contributed by atoms with van der Waals surface area (Å²) in [7, 11) is 0. The number of carbonyl (C=O) groups is 4. The Labute approximate surface area is 266 Å². The molecule has 12 nitrogen and oxygen atoms in total. The summed E-state index contributed by atoms with van der Waals surface area (Å²) in [6.45, 7) is 4.21. The summed E-state index contributed by atoms with van der Waals surface area (Å²) >= 11 is 0. The molecule has 3 N–H and O–H groups in total. The summed E-state index contributed by atoms with van der Waals surface area (Å²) in [5, 5.41) is 16.1. The number of cyclic esters (lactones) is 1. The van der Waals surface area contributed by atoms with E-state index >= 15 is 0 Å². The number of ether oxygens (including phenoxy) is 2. The zero-order valence-corrected chi connectivity index (χ0v) is 26.3. The molecule has 0 saturated carbocycles. The van der Waals surface area contributed by atoms with Crippen LogP contribution in [0.1, 0.15) is 93.6 Å². The minimum Gasteiger partial charge on any atom is -0.508 e. The normalized spacial score (nSPS) is 14.7. The summed E-state index contributed by atoms with van der Waals surface area (Å²) in [5.74, 6) is -1.86. The van der Waals surface area contributed by atoms with Gasteiger partial charge in [0.2, 0.25) is 17.9 Å². The maximum atomic E-state index is 13.6. The Morgan fingerprint density at radius 3 is 2.59 bits per heavy atom. The molecule has 2 aliphatic heterocycles. The highest BCUT2D eigenvalue weighted by Gasteiger charge is 2.37. The molecule has 0 radical (unpaired) electrons. The van der Waals surface area contributed by atoms with Crippen molar-refractivity contribution in [2.24, 2.45) is 0 Å². The number of aromatic nitrogens is 2. The van der Waals surface area contributed by atoms with Crippen molar-refractivity contribution in [3.8, 4) is 17.1 Å². The number of hydrogen-bond acceptors (Lipinski definition) is 9. The second-order valence-electron chi connectivity index (χ2n) is 11.7. The summed E-state index contributed by atoms with van der Waals surface area (Å²) in [6.07, 6.45) is 4.95. The van der Waals surface area contributed by atoms with Gasteiger partial charge in [-0.05, 0) is 49.1 Å². The number of nitrogens with zero attached hydrogens (tertiary/aromatic N) is 2. The second-order valence-corrected chi connectivity index (χ2v) is 11.7. The fourth-order valence-corrected chi connectivity index (χ4v) is 6.07. The lowest BCUT2D eigenvalue weighted by molar-refractivity contribution is -0.171. The average Bonchev–Trinajstić information content (AvgIpc) is 3.40. The van der Waals surface area contributed by atoms with Crippen LogP contribution in [0.4, 0.5) is 0 Å². The van der Waals surface area contributed by atoms with Crippen LogP contribution in [-0.2, 0) is 48.2 Å². The Bertz CT molecular complexity index is 1730. The number of nitrogens with one attached hydrogen (secondary N) is 2. The third kappa shape index (κ3) is 7.05. The van der Waals surface area contributed by atoms with Crippen molar-refractivity contribution >= 4 is 34.7 Å². The Balaban J connectivity index is 1.20.